The van der Waals surface area contributed by atoms with Crippen LogP contribution in [0.2, 0.25) is 0 Å². The average Bonchev–Trinajstić information content (AvgIpc) is 2.48. The number of carbonyl (C=O) groups is 1. The molecule has 0 aromatic heterocycles. The van der Waals surface area contributed by atoms with Gasteiger partial charge in [-0.2, -0.15) is 0 Å². The Balaban J connectivity index is 2.46. The lowest BCUT2D eigenvalue weighted by atomic mass is 9.86. The van der Waals surface area contributed by atoms with Gasteiger partial charge in [0.15, 0.2) is 0 Å². The van der Waals surface area contributed by atoms with E-state index in [0.29, 0.717) is 6.42 Å². The lowest BCUT2D eigenvalue weighted by Crippen LogP contribution is -2.53. The minimum absolute atomic E-state index is 0.160. The molecule has 0 N–H and O–H groups in total. The number of ether oxygens (including phenoxy) is 3. The van der Waals surface area contributed by atoms with Crippen molar-refractivity contribution in [2.45, 2.75) is 51.7 Å². The maximum atomic E-state index is 11.5. The SMILES string of the molecule is CCOCCN1CCC(OC)(C(C)OC(=O)CC)CC1. The minimum atomic E-state index is -0.340. The molecule has 1 saturated heterocycles. The number of likely N-dealkylation sites (tertiary alicyclic amines) is 1. The highest BCUT2D eigenvalue weighted by molar-refractivity contribution is 5.69. The van der Waals surface area contributed by atoms with Crippen molar-refractivity contribution in [3.8, 4) is 0 Å². The van der Waals surface area contributed by atoms with Crippen LogP contribution in [0, 0.1) is 0 Å². The predicted molar refractivity (Wildman–Crippen MR) is 77.8 cm³/mol. The number of esters is 1. The van der Waals surface area contributed by atoms with Crippen molar-refractivity contribution in [1.29, 1.82) is 0 Å². The quantitative estimate of drug-likeness (QED) is 0.503. The van der Waals surface area contributed by atoms with Crippen LogP contribution in [0.4, 0.5) is 0 Å². The van der Waals surface area contributed by atoms with Crippen LogP contribution in [-0.4, -0.2) is 62.5 Å². The van der Waals surface area contributed by atoms with E-state index in [-0.39, 0.29) is 17.7 Å². The maximum absolute atomic E-state index is 11.5. The standard InChI is InChI=1S/C15H29NO4/c1-5-14(17)20-13(3)15(18-4)7-9-16(10-8-15)11-12-19-6-2/h13H,5-12H2,1-4H3. The number of methoxy groups -OCH3 is 1. The highest BCUT2D eigenvalue weighted by atomic mass is 16.6. The summed E-state index contributed by atoms with van der Waals surface area (Å²) in [4.78, 5) is 13.8. The topological polar surface area (TPSA) is 48.0 Å². The Labute approximate surface area is 122 Å². The highest BCUT2D eigenvalue weighted by Crippen LogP contribution is 2.31. The molecule has 1 aliphatic rings. The van der Waals surface area contributed by atoms with Crippen molar-refractivity contribution in [3.63, 3.8) is 0 Å². The van der Waals surface area contributed by atoms with E-state index >= 15 is 0 Å². The molecule has 0 amide bonds. The summed E-state index contributed by atoms with van der Waals surface area (Å²) in [5.41, 5.74) is -0.340. The van der Waals surface area contributed by atoms with Gasteiger partial charge in [0.25, 0.3) is 0 Å². The van der Waals surface area contributed by atoms with Gasteiger partial charge in [0.2, 0.25) is 0 Å². The third kappa shape index (κ3) is 4.72. The third-order valence-electron chi connectivity index (χ3n) is 4.20. The Kier molecular flexibility index (Phi) is 7.48. The van der Waals surface area contributed by atoms with Crippen LogP contribution in [0.1, 0.15) is 40.0 Å². The second kappa shape index (κ2) is 8.60. The molecule has 0 bridgehead atoms. The molecule has 0 aromatic rings. The molecule has 5 heteroatoms. The molecule has 0 aromatic carbocycles. The molecule has 5 nitrogen and oxygen atoms in total. The van der Waals surface area contributed by atoms with E-state index in [4.69, 9.17) is 14.2 Å². The summed E-state index contributed by atoms with van der Waals surface area (Å²) in [5.74, 6) is -0.160. The summed E-state index contributed by atoms with van der Waals surface area (Å²) in [6.45, 7) is 10.2. The Morgan fingerprint density at radius 2 is 1.95 bits per heavy atom. The van der Waals surface area contributed by atoms with Gasteiger partial charge in [-0.05, 0) is 26.7 Å². The van der Waals surface area contributed by atoms with E-state index in [1.807, 2.05) is 20.8 Å². The summed E-state index contributed by atoms with van der Waals surface area (Å²) >= 11 is 0. The van der Waals surface area contributed by atoms with Gasteiger partial charge in [-0.15, -0.1) is 0 Å². The molecule has 1 atom stereocenters. The van der Waals surface area contributed by atoms with E-state index in [0.717, 1.165) is 45.7 Å². The zero-order chi connectivity index (χ0) is 15.0. The van der Waals surface area contributed by atoms with Gasteiger partial charge in [0, 0.05) is 39.8 Å². The lowest BCUT2D eigenvalue weighted by molar-refractivity contribution is -0.175. The molecule has 118 valence electrons. The first-order valence-corrected chi connectivity index (χ1v) is 7.62. The average molecular weight is 287 g/mol. The fourth-order valence-corrected chi connectivity index (χ4v) is 2.66. The first-order valence-electron chi connectivity index (χ1n) is 7.62. The number of hydrogen-bond acceptors (Lipinski definition) is 5. The van der Waals surface area contributed by atoms with E-state index < -0.39 is 0 Å². The number of rotatable bonds is 8. The molecule has 1 fully saturated rings. The van der Waals surface area contributed by atoms with Crippen molar-refractivity contribution in [3.05, 3.63) is 0 Å². The number of nitrogens with zero attached hydrogens (tertiary/aromatic N) is 1. The Morgan fingerprint density at radius 1 is 1.30 bits per heavy atom. The van der Waals surface area contributed by atoms with Crippen molar-refractivity contribution in [2.75, 3.05) is 40.0 Å². The van der Waals surface area contributed by atoms with Crippen LogP contribution in [0.25, 0.3) is 0 Å². The van der Waals surface area contributed by atoms with Crippen LogP contribution in [0.15, 0.2) is 0 Å². The predicted octanol–water partition coefficient (Wildman–Crippen LogP) is 1.85. The number of carbonyl (C=O) groups excluding carboxylic acids is 1. The normalized spacial score (nSPS) is 20.6. The highest BCUT2D eigenvalue weighted by Gasteiger charge is 2.41. The van der Waals surface area contributed by atoms with Crippen LogP contribution in [0.5, 0.6) is 0 Å². The summed E-state index contributed by atoms with van der Waals surface area (Å²) in [6, 6.07) is 0. The first kappa shape index (κ1) is 17.4. The summed E-state index contributed by atoms with van der Waals surface area (Å²) < 4.78 is 16.6. The van der Waals surface area contributed by atoms with E-state index in [2.05, 4.69) is 4.90 Å². The Hall–Kier alpha value is -0.650. The fraction of sp³-hybridized carbons (Fsp3) is 0.933. The van der Waals surface area contributed by atoms with Gasteiger partial charge in [0.1, 0.15) is 11.7 Å². The molecule has 0 spiro atoms. The van der Waals surface area contributed by atoms with Gasteiger partial charge in [-0.3, -0.25) is 4.79 Å². The van der Waals surface area contributed by atoms with Crippen molar-refractivity contribution in [2.24, 2.45) is 0 Å². The van der Waals surface area contributed by atoms with Crippen LogP contribution < -0.4 is 0 Å². The summed E-state index contributed by atoms with van der Waals surface area (Å²) in [6.07, 6.45) is 1.97. The minimum Gasteiger partial charge on any atom is -0.460 e. The van der Waals surface area contributed by atoms with Crippen LogP contribution in [0.3, 0.4) is 0 Å². The lowest BCUT2D eigenvalue weighted by Gasteiger charge is -2.43. The first-order chi connectivity index (χ1) is 9.57. The number of piperidine rings is 1. The number of hydrogen-bond donors (Lipinski definition) is 0. The zero-order valence-electron chi connectivity index (χ0n) is 13.3. The Bertz CT molecular complexity index is 288. The van der Waals surface area contributed by atoms with Gasteiger partial charge < -0.3 is 19.1 Å². The maximum Gasteiger partial charge on any atom is 0.305 e. The molecule has 1 aliphatic heterocycles. The molecule has 20 heavy (non-hydrogen) atoms. The van der Waals surface area contributed by atoms with Crippen LogP contribution in [-0.2, 0) is 19.0 Å². The summed E-state index contributed by atoms with van der Waals surface area (Å²) in [5, 5.41) is 0. The summed E-state index contributed by atoms with van der Waals surface area (Å²) in [7, 11) is 1.71. The van der Waals surface area contributed by atoms with Gasteiger partial charge in [0.05, 0.1) is 6.61 Å². The fourth-order valence-electron chi connectivity index (χ4n) is 2.66. The third-order valence-corrected chi connectivity index (χ3v) is 4.20. The zero-order valence-corrected chi connectivity index (χ0v) is 13.3. The molecule has 1 heterocycles. The molecule has 0 aliphatic carbocycles. The van der Waals surface area contributed by atoms with Crippen molar-refractivity contribution >= 4 is 5.97 Å². The molecule has 1 rings (SSSR count). The smallest absolute Gasteiger partial charge is 0.305 e. The van der Waals surface area contributed by atoms with Crippen LogP contribution >= 0.6 is 0 Å². The molecular formula is C15H29NO4. The second-order valence-electron chi connectivity index (χ2n) is 5.29. The van der Waals surface area contributed by atoms with Gasteiger partial charge in [-0.1, -0.05) is 6.92 Å². The molecular weight excluding hydrogens is 258 g/mol. The van der Waals surface area contributed by atoms with Gasteiger partial charge in [-0.25, -0.2) is 0 Å². The molecule has 0 saturated carbocycles. The monoisotopic (exact) mass is 287 g/mol. The van der Waals surface area contributed by atoms with E-state index in [9.17, 15) is 4.79 Å². The molecule has 0 radical (unpaired) electrons. The van der Waals surface area contributed by atoms with Gasteiger partial charge >= 0.3 is 5.97 Å². The van der Waals surface area contributed by atoms with Crippen molar-refractivity contribution in [1.82, 2.24) is 4.90 Å². The Morgan fingerprint density at radius 3 is 2.45 bits per heavy atom. The largest absolute Gasteiger partial charge is 0.460 e. The second-order valence-corrected chi connectivity index (χ2v) is 5.29. The molecule has 1 unspecified atom stereocenters. The van der Waals surface area contributed by atoms with E-state index in [1.165, 1.54) is 0 Å². The van der Waals surface area contributed by atoms with Crippen molar-refractivity contribution < 1.29 is 19.0 Å². The van der Waals surface area contributed by atoms with E-state index in [1.54, 1.807) is 7.11 Å².